The first kappa shape index (κ1) is 24.9. The van der Waals surface area contributed by atoms with Crippen LogP contribution >= 0.6 is 0 Å². The molecular weight excluding hydrogens is 496 g/mol. The number of hydrogen-bond acceptors (Lipinski definition) is 7. The van der Waals surface area contributed by atoms with Crippen molar-refractivity contribution in [1.82, 2.24) is 9.62 Å². The number of benzene rings is 3. The molecule has 1 N–H and O–H groups in total. The number of carbonyl (C=O) groups excluding carboxylic acids is 1. The zero-order valence-corrected chi connectivity index (χ0v) is 21.4. The van der Waals surface area contributed by atoms with Crippen molar-refractivity contribution in [2.75, 3.05) is 34.1 Å². The maximum absolute atomic E-state index is 13.5. The molecule has 2 atom stereocenters. The molecule has 0 saturated carbocycles. The van der Waals surface area contributed by atoms with Crippen LogP contribution in [0.25, 0.3) is 0 Å². The average Bonchev–Trinajstić information content (AvgIpc) is 3.59. The van der Waals surface area contributed by atoms with E-state index in [4.69, 9.17) is 18.9 Å². The van der Waals surface area contributed by atoms with Gasteiger partial charge in [0.25, 0.3) is 0 Å². The van der Waals surface area contributed by atoms with Gasteiger partial charge in [0.15, 0.2) is 11.5 Å². The highest BCUT2D eigenvalue weighted by Crippen LogP contribution is 2.40. The molecule has 0 bridgehead atoms. The van der Waals surface area contributed by atoms with Gasteiger partial charge < -0.3 is 24.3 Å². The Kier molecular flexibility index (Phi) is 6.94. The summed E-state index contributed by atoms with van der Waals surface area (Å²) in [6.45, 7) is 0.642. The second kappa shape index (κ2) is 10.3. The highest BCUT2D eigenvalue weighted by Gasteiger charge is 2.44. The van der Waals surface area contributed by atoms with E-state index in [1.807, 2.05) is 36.4 Å². The van der Waals surface area contributed by atoms with Gasteiger partial charge in [-0.15, -0.1) is 0 Å². The Morgan fingerprint density at radius 3 is 2.49 bits per heavy atom. The number of amides is 1. The summed E-state index contributed by atoms with van der Waals surface area (Å²) in [5.74, 6) is 1.25. The lowest BCUT2D eigenvalue weighted by molar-refractivity contribution is -0.125. The number of para-hydroxylation sites is 1. The number of sulfonamides is 1. The zero-order valence-electron chi connectivity index (χ0n) is 20.5. The lowest BCUT2D eigenvalue weighted by Gasteiger charge is -2.20. The van der Waals surface area contributed by atoms with Crippen molar-refractivity contribution in [2.45, 2.75) is 17.4 Å². The van der Waals surface area contributed by atoms with Gasteiger partial charge in [0, 0.05) is 25.6 Å². The van der Waals surface area contributed by atoms with E-state index < -0.39 is 15.9 Å². The van der Waals surface area contributed by atoms with Crippen molar-refractivity contribution in [3.05, 3.63) is 77.9 Å². The number of ether oxygens (including phenoxy) is 4. The van der Waals surface area contributed by atoms with Crippen LogP contribution in [0, 0.1) is 5.92 Å². The fourth-order valence-electron chi connectivity index (χ4n) is 4.79. The monoisotopic (exact) mass is 524 g/mol. The largest absolute Gasteiger partial charge is 0.497 e. The standard InChI is InChI=1S/C27H28N2O7S/c1-33-19-8-10-20(11-9-19)37(31,32)29-15-22(21-5-3-4-6-24(21)34-2)23(16-29)27(30)28-14-18-7-12-25-26(13-18)36-17-35-25/h3-13,22-23H,14-17H2,1-2H3,(H,28,30)/t22-,23+/m0/s1. The van der Waals surface area contributed by atoms with E-state index in [-0.39, 0.29) is 43.1 Å². The lowest BCUT2D eigenvalue weighted by Crippen LogP contribution is -2.35. The summed E-state index contributed by atoms with van der Waals surface area (Å²) in [6.07, 6.45) is 0. The highest BCUT2D eigenvalue weighted by molar-refractivity contribution is 7.89. The molecule has 194 valence electrons. The molecule has 2 aliphatic heterocycles. The smallest absolute Gasteiger partial charge is 0.243 e. The van der Waals surface area contributed by atoms with Crippen molar-refractivity contribution in [2.24, 2.45) is 5.92 Å². The molecule has 0 radical (unpaired) electrons. The molecule has 0 spiro atoms. The molecule has 3 aromatic rings. The molecule has 0 unspecified atom stereocenters. The van der Waals surface area contributed by atoms with E-state index in [0.717, 1.165) is 11.1 Å². The lowest BCUT2D eigenvalue weighted by atomic mass is 9.87. The summed E-state index contributed by atoms with van der Waals surface area (Å²) in [4.78, 5) is 13.6. The zero-order chi connectivity index (χ0) is 26.0. The third kappa shape index (κ3) is 4.94. The summed E-state index contributed by atoms with van der Waals surface area (Å²) >= 11 is 0. The number of carbonyl (C=O) groups is 1. The van der Waals surface area contributed by atoms with Crippen molar-refractivity contribution >= 4 is 15.9 Å². The van der Waals surface area contributed by atoms with Gasteiger partial charge in [-0.1, -0.05) is 24.3 Å². The second-order valence-electron chi connectivity index (χ2n) is 8.86. The number of nitrogens with zero attached hydrogens (tertiary/aromatic N) is 1. The van der Waals surface area contributed by atoms with Gasteiger partial charge in [-0.2, -0.15) is 4.31 Å². The van der Waals surface area contributed by atoms with Crippen LogP contribution in [0.15, 0.2) is 71.6 Å². The van der Waals surface area contributed by atoms with Gasteiger partial charge in [-0.25, -0.2) is 8.42 Å². The molecule has 1 saturated heterocycles. The molecule has 2 aliphatic rings. The molecule has 10 heteroatoms. The average molecular weight is 525 g/mol. The molecule has 9 nitrogen and oxygen atoms in total. The van der Waals surface area contributed by atoms with Crippen LogP contribution in [0.1, 0.15) is 17.0 Å². The summed E-state index contributed by atoms with van der Waals surface area (Å²) in [6, 6.07) is 19.1. The minimum atomic E-state index is -3.84. The molecule has 3 aromatic carbocycles. The number of fused-ring (bicyclic) bond motifs is 1. The molecule has 2 heterocycles. The number of hydrogen-bond donors (Lipinski definition) is 1. The fraction of sp³-hybridized carbons (Fsp3) is 0.296. The van der Waals surface area contributed by atoms with E-state index in [0.29, 0.717) is 23.0 Å². The predicted octanol–water partition coefficient (Wildman–Crippen LogP) is 3.15. The maximum atomic E-state index is 13.5. The predicted molar refractivity (Wildman–Crippen MR) is 135 cm³/mol. The summed E-state index contributed by atoms with van der Waals surface area (Å²) in [5.41, 5.74) is 1.65. The molecule has 1 amide bonds. The van der Waals surface area contributed by atoms with Crippen LogP contribution in [0.4, 0.5) is 0 Å². The van der Waals surface area contributed by atoms with E-state index in [9.17, 15) is 13.2 Å². The molecular formula is C27H28N2O7S. The Labute approximate surface area is 216 Å². The van der Waals surface area contributed by atoms with Crippen LogP contribution in [-0.2, 0) is 21.4 Å². The summed E-state index contributed by atoms with van der Waals surface area (Å²) in [5, 5.41) is 2.98. The van der Waals surface area contributed by atoms with Crippen LogP contribution in [0.2, 0.25) is 0 Å². The highest BCUT2D eigenvalue weighted by atomic mass is 32.2. The van der Waals surface area contributed by atoms with Gasteiger partial charge in [-0.3, -0.25) is 4.79 Å². The minimum absolute atomic E-state index is 0.0457. The van der Waals surface area contributed by atoms with Crippen molar-refractivity contribution in [3.8, 4) is 23.0 Å². The van der Waals surface area contributed by atoms with Crippen LogP contribution in [0.5, 0.6) is 23.0 Å². The van der Waals surface area contributed by atoms with Crippen LogP contribution < -0.4 is 24.3 Å². The minimum Gasteiger partial charge on any atom is -0.497 e. The van der Waals surface area contributed by atoms with Crippen molar-refractivity contribution in [1.29, 1.82) is 0 Å². The first-order chi connectivity index (χ1) is 17.9. The topological polar surface area (TPSA) is 103 Å². The van der Waals surface area contributed by atoms with Gasteiger partial charge in [-0.05, 0) is 53.6 Å². The third-order valence-corrected chi connectivity index (χ3v) is 8.61. The van der Waals surface area contributed by atoms with Gasteiger partial charge in [0.1, 0.15) is 11.5 Å². The Bertz CT molecular complexity index is 1390. The van der Waals surface area contributed by atoms with E-state index in [1.54, 1.807) is 25.3 Å². The normalized spacial score (nSPS) is 19.0. The van der Waals surface area contributed by atoms with Crippen molar-refractivity contribution in [3.63, 3.8) is 0 Å². The molecule has 1 fully saturated rings. The Morgan fingerprint density at radius 1 is 0.973 bits per heavy atom. The summed E-state index contributed by atoms with van der Waals surface area (Å²) < 4.78 is 49.9. The molecule has 0 aliphatic carbocycles. The van der Waals surface area contributed by atoms with Gasteiger partial charge in [0.2, 0.25) is 22.7 Å². The van der Waals surface area contributed by atoms with Gasteiger partial charge >= 0.3 is 0 Å². The quantitative estimate of drug-likeness (QED) is 0.483. The number of nitrogens with one attached hydrogen (secondary N) is 1. The first-order valence-corrected chi connectivity index (χ1v) is 13.3. The van der Waals surface area contributed by atoms with Crippen LogP contribution in [0.3, 0.4) is 0 Å². The Balaban J connectivity index is 1.40. The summed E-state index contributed by atoms with van der Waals surface area (Å²) in [7, 11) is -0.752. The molecule has 5 rings (SSSR count). The van der Waals surface area contributed by atoms with E-state index >= 15 is 0 Å². The fourth-order valence-corrected chi connectivity index (χ4v) is 6.28. The first-order valence-electron chi connectivity index (χ1n) is 11.8. The van der Waals surface area contributed by atoms with Gasteiger partial charge in [0.05, 0.1) is 25.0 Å². The SMILES string of the molecule is COc1ccc(S(=O)(=O)N2C[C@@H](C(=O)NCc3ccc4c(c3)OCO4)[C@H](c3ccccc3OC)C2)cc1. The Hall–Kier alpha value is -3.76. The Morgan fingerprint density at radius 2 is 1.73 bits per heavy atom. The van der Waals surface area contributed by atoms with E-state index in [1.165, 1.54) is 23.5 Å². The van der Waals surface area contributed by atoms with Crippen LogP contribution in [-0.4, -0.2) is 52.7 Å². The second-order valence-corrected chi connectivity index (χ2v) is 10.8. The number of rotatable bonds is 8. The maximum Gasteiger partial charge on any atom is 0.243 e. The third-order valence-electron chi connectivity index (χ3n) is 6.76. The van der Waals surface area contributed by atoms with Crippen molar-refractivity contribution < 1.29 is 32.2 Å². The van der Waals surface area contributed by atoms with E-state index in [2.05, 4.69) is 5.32 Å². The number of methoxy groups -OCH3 is 2. The molecule has 0 aromatic heterocycles. The molecule has 37 heavy (non-hydrogen) atoms.